The number of rotatable bonds is 10. The molecule has 0 bridgehead atoms. The maximum Gasteiger partial charge on any atom is 0.0737 e. The molecule has 1 aromatic carbocycles. The summed E-state index contributed by atoms with van der Waals surface area (Å²) in [6, 6.07) is 17.0. The molecule has 0 radical (unpaired) electrons. The van der Waals surface area contributed by atoms with Crippen LogP contribution in [0.4, 0.5) is 5.69 Å². The van der Waals surface area contributed by atoms with Crippen molar-refractivity contribution < 1.29 is 0 Å². The minimum atomic E-state index is 0.579. The lowest BCUT2D eigenvalue weighted by Gasteiger charge is -2.38. The highest BCUT2D eigenvalue weighted by molar-refractivity contribution is 6.31. The molecule has 0 saturated carbocycles. The van der Waals surface area contributed by atoms with Crippen LogP contribution in [0.3, 0.4) is 0 Å². The summed E-state index contributed by atoms with van der Waals surface area (Å²) in [6.07, 6.45) is 12.9. The number of halogens is 1. The van der Waals surface area contributed by atoms with Crippen LogP contribution in [0, 0.1) is 0 Å². The first-order chi connectivity index (χ1) is 17.7. The second-order valence-electron chi connectivity index (χ2n) is 9.49. The molecule has 1 aliphatic rings. The Morgan fingerprint density at radius 2 is 1.53 bits per heavy atom. The van der Waals surface area contributed by atoms with Crippen LogP contribution in [-0.4, -0.2) is 57.0 Å². The van der Waals surface area contributed by atoms with Crippen molar-refractivity contribution in [1.29, 1.82) is 0 Å². The second kappa shape index (κ2) is 12.3. The van der Waals surface area contributed by atoms with E-state index in [-0.39, 0.29) is 0 Å². The van der Waals surface area contributed by atoms with Crippen LogP contribution in [0.15, 0.2) is 79.5 Å². The largest absolute Gasteiger partial charge is 0.384 e. The van der Waals surface area contributed by atoms with Crippen molar-refractivity contribution in [3.63, 3.8) is 0 Å². The number of aromatic nitrogens is 3. The highest BCUT2D eigenvalue weighted by Gasteiger charge is 2.24. The van der Waals surface area contributed by atoms with Crippen LogP contribution in [0.5, 0.6) is 0 Å². The SMILES string of the molecule is Clc1ccc2c(NCCCN3CCC(N(Cc4ccncc4)Cc4ccncc4)CC3)ccnc2c1. The first kappa shape index (κ1) is 24.6. The van der Waals surface area contributed by atoms with Gasteiger partial charge in [-0.3, -0.25) is 19.9 Å². The van der Waals surface area contributed by atoms with Gasteiger partial charge in [-0.15, -0.1) is 0 Å². The maximum absolute atomic E-state index is 6.12. The van der Waals surface area contributed by atoms with Crippen LogP contribution in [0.25, 0.3) is 10.9 Å². The summed E-state index contributed by atoms with van der Waals surface area (Å²) in [5.41, 5.74) is 4.69. The lowest BCUT2D eigenvalue weighted by Crippen LogP contribution is -2.44. The molecule has 0 spiro atoms. The van der Waals surface area contributed by atoms with E-state index in [9.17, 15) is 0 Å². The molecule has 186 valence electrons. The van der Waals surface area contributed by atoms with Gasteiger partial charge in [0.1, 0.15) is 0 Å². The Morgan fingerprint density at radius 1 is 0.861 bits per heavy atom. The Morgan fingerprint density at radius 3 is 2.19 bits per heavy atom. The second-order valence-corrected chi connectivity index (χ2v) is 9.93. The van der Waals surface area contributed by atoms with Crippen molar-refractivity contribution in [2.75, 3.05) is 31.5 Å². The van der Waals surface area contributed by atoms with Crippen molar-refractivity contribution in [2.24, 2.45) is 0 Å². The van der Waals surface area contributed by atoms with E-state index < -0.39 is 0 Å². The third-order valence-electron chi connectivity index (χ3n) is 7.01. The first-order valence-corrected chi connectivity index (χ1v) is 13.1. The molecule has 0 amide bonds. The predicted molar refractivity (Wildman–Crippen MR) is 147 cm³/mol. The number of piperidine rings is 1. The zero-order chi connectivity index (χ0) is 24.6. The number of anilines is 1. The summed E-state index contributed by atoms with van der Waals surface area (Å²) in [5.74, 6) is 0. The van der Waals surface area contributed by atoms with Crippen LogP contribution in [-0.2, 0) is 13.1 Å². The summed E-state index contributed by atoms with van der Waals surface area (Å²) in [4.78, 5) is 18.0. The van der Waals surface area contributed by atoms with Crippen molar-refractivity contribution in [3.8, 4) is 0 Å². The third kappa shape index (κ3) is 6.58. The monoisotopic (exact) mass is 500 g/mol. The molecular weight excluding hydrogens is 468 g/mol. The summed E-state index contributed by atoms with van der Waals surface area (Å²) in [5, 5.41) is 5.44. The summed E-state index contributed by atoms with van der Waals surface area (Å²) in [7, 11) is 0. The fourth-order valence-corrected chi connectivity index (χ4v) is 5.24. The van der Waals surface area contributed by atoms with Gasteiger partial charge in [0.2, 0.25) is 0 Å². The predicted octanol–water partition coefficient (Wildman–Crippen LogP) is 5.65. The molecule has 1 saturated heterocycles. The number of hydrogen-bond donors (Lipinski definition) is 1. The standard InChI is InChI=1S/C29H33ClN6/c30-25-2-3-27-28(8-16-34-29(27)20-25)33-11-1-17-35-18-9-26(10-19-35)36(21-23-4-12-31-13-5-23)22-24-6-14-32-15-7-24/h2-8,12-16,20,26H,1,9-11,17-19,21-22H2,(H,33,34). The van der Waals surface area contributed by atoms with E-state index >= 15 is 0 Å². The van der Waals surface area contributed by atoms with Gasteiger partial charge in [-0.25, -0.2) is 0 Å². The number of fused-ring (bicyclic) bond motifs is 1. The normalized spacial score (nSPS) is 14.9. The molecule has 6 nitrogen and oxygen atoms in total. The average molecular weight is 501 g/mol. The fourth-order valence-electron chi connectivity index (χ4n) is 5.07. The van der Waals surface area contributed by atoms with Gasteiger partial charge in [0.05, 0.1) is 5.52 Å². The summed E-state index contributed by atoms with van der Waals surface area (Å²) >= 11 is 6.12. The van der Waals surface area contributed by atoms with Gasteiger partial charge >= 0.3 is 0 Å². The number of nitrogens with zero attached hydrogens (tertiary/aromatic N) is 5. The summed E-state index contributed by atoms with van der Waals surface area (Å²) in [6.45, 7) is 6.24. The molecule has 0 unspecified atom stereocenters. The Bertz CT molecular complexity index is 1190. The molecule has 1 N–H and O–H groups in total. The first-order valence-electron chi connectivity index (χ1n) is 12.8. The van der Waals surface area contributed by atoms with Crippen LogP contribution in [0.2, 0.25) is 5.02 Å². The number of nitrogens with one attached hydrogen (secondary N) is 1. The molecule has 3 aromatic heterocycles. The lowest BCUT2D eigenvalue weighted by atomic mass is 10.0. The molecule has 0 atom stereocenters. The van der Waals surface area contributed by atoms with Gasteiger partial charge in [-0.1, -0.05) is 11.6 Å². The maximum atomic E-state index is 6.12. The molecule has 5 rings (SSSR count). The van der Waals surface area contributed by atoms with Gasteiger partial charge in [-0.05, 0) is 98.6 Å². The van der Waals surface area contributed by atoms with E-state index in [4.69, 9.17) is 11.6 Å². The minimum Gasteiger partial charge on any atom is -0.384 e. The molecule has 1 fully saturated rings. The van der Waals surface area contributed by atoms with Crippen LogP contribution < -0.4 is 5.32 Å². The Kier molecular flexibility index (Phi) is 8.39. The van der Waals surface area contributed by atoms with Crippen molar-refractivity contribution in [1.82, 2.24) is 24.8 Å². The lowest BCUT2D eigenvalue weighted by molar-refractivity contribution is 0.0964. The summed E-state index contributed by atoms with van der Waals surface area (Å²) < 4.78 is 0. The zero-order valence-corrected chi connectivity index (χ0v) is 21.3. The molecular formula is C29H33ClN6. The number of pyridine rings is 3. The third-order valence-corrected chi connectivity index (χ3v) is 7.25. The molecule has 4 aromatic rings. The van der Waals surface area contributed by atoms with Crippen molar-refractivity contribution >= 4 is 28.2 Å². The smallest absolute Gasteiger partial charge is 0.0737 e. The van der Waals surface area contributed by atoms with E-state index in [0.29, 0.717) is 6.04 Å². The quantitative estimate of drug-likeness (QED) is 0.284. The molecule has 0 aliphatic carbocycles. The minimum absolute atomic E-state index is 0.579. The zero-order valence-electron chi connectivity index (χ0n) is 20.6. The van der Waals surface area contributed by atoms with E-state index in [1.54, 1.807) is 0 Å². The molecule has 1 aliphatic heterocycles. The van der Waals surface area contributed by atoms with Gasteiger partial charge in [0.25, 0.3) is 0 Å². The Labute approximate surface area is 218 Å². The van der Waals surface area contributed by atoms with Crippen LogP contribution >= 0.6 is 11.6 Å². The number of hydrogen-bond acceptors (Lipinski definition) is 6. The molecule has 36 heavy (non-hydrogen) atoms. The van der Waals surface area contributed by atoms with Crippen LogP contribution in [0.1, 0.15) is 30.4 Å². The number of likely N-dealkylation sites (tertiary alicyclic amines) is 1. The average Bonchev–Trinajstić information content (AvgIpc) is 2.92. The topological polar surface area (TPSA) is 57.2 Å². The van der Waals surface area contributed by atoms with Gasteiger partial charge in [-0.2, -0.15) is 0 Å². The molecule has 4 heterocycles. The highest BCUT2D eigenvalue weighted by atomic mass is 35.5. The van der Waals surface area contributed by atoms with Gasteiger partial charge in [0.15, 0.2) is 0 Å². The number of benzene rings is 1. The van der Waals surface area contributed by atoms with E-state index in [2.05, 4.69) is 54.3 Å². The van der Waals surface area contributed by atoms with Gasteiger partial charge in [0, 0.05) is 72.8 Å². The molecule has 7 heteroatoms. The van der Waals surface area contributed by atoms with Gasteiger partial charge < -0.3 is 10.2 Å². The van der Waals surface area contributed by atoms with Crippen molar-refractivity contribution in [2.45, 2.75) is 38.4 Å². The van der Waals surface area contributed by atoms with E-state index in [1.165, 1.54) is 24.0 Å². The van der Waals surface area contributed by atoms with Crippen molar-refractivity contribution in [3.05, 3.63) is 95.7 Å². The fraction of sp³-hybridized carbons (Fsp3) is 0.345. The highest BCUT2D eigenvalue weighted by Crippen LogP contribution is 2.25. The Balaban J connectivity index is 1.11. The van der Waals surface area contributed by atoms with E-state index in [0.717, 1.165) is 67.3 Å². The Hall–Kier alpha value is -3.06. The van der Waals surface area contributed by atoms with E-state index in [1.807, 2.05) is 55.2 Å².